The fourth-order valence-corrected chi connectivity index (χ4v) is 1.67. The molecule has 1 aromatic carbocycles. The van der Waals surface area contributed by atoms with E-state index in [2.05, 4.69) is 15.9 Å². The Balaban J connectivity index is 2.43. The molecule has 4 nitrogen and oxygen atoms in total. The van der Waals surface area contributed by atoms with Crippen LogP contribution in [0.1, 0.15) is 0 Å². The van der Waals surface area contributed by atoms with Crippen molar-refractivity contribution in [3.63, 3.8) is 0 Å². The minimum Gasteiger partial charge on any atom is -0.269 e. The first-order chi connectivity index (χ1) is 6.29. The van der Waals surface area contributed by atoms with E-state index in [1.165, 1.54) is 0 Å². The third-order valence-corrected chi connectivity index (χ3v) is 2.25. The van der Waals surface area contributed by atoms with E-state index in [1.807, 2.05) is 0 Å². The molecule has 0 aliphatic carbocycles. The van der Waals surface area contributed by atoms with E-state index in [0.717, 1.165) is 0 Å². The highest BCUT2D eigenvalue weighted by atomic mass is 35.5. The summed E-state index contributed by atoms with van der Waals surface area (Å²) in [6.45, 7) is 0.490. The van der Waals surface area contributed by atoms with Crippen LogP contribution in [0.25, 0.3) is 0 Å². The van der Waals surface area contributed by atoms with Gasteiger partial charge in [-0.05, 0) is 17.4 Å². The minimum absolute atomic E-state index is 0.490. The van der Waals surface area contributed by atoms with E-state index in [9.17, 15) is 0 Å². The molecule has 1 aromatic rings. The van der Waals surface area contributed by atoms with Crippen molar-refractivity contribution in [2.75, 3.05) is 11.7 Å². The summed E-state index contributed by atoms with van der Waals surface area (Å²) >= 11 is 11.9. The van der Waals surface area contributed by atoms with Crippen LogP contribution in [0.3, 0.4) is 0 Å². The molecule has 0 fully saturated rings. The van der Waals surface area contributed by atoms with Gasteiger partial charge in [0.25, 0.3) is 0 Å². The molecule has 0 aromatic heterocycles. The van der Waals surface area contributed by atoms with Gasteiger partial charge in [-0.15, -0.1) is 0 Å². The fraction of sp³-hybridized carbons (Fsp3) is 0.143. The zero-order valence-electron chi connectivity index (χ0n) is 6.54. The lowest BCUT2D eigenvalue weighted by Gasteiger charge is -2.13. The van der Waals surface area contributed by atoms with Crippen LogP contribution in [0.4, 0.5) is 5.69 Å². The lowest BCUT2D eigenvalue weighted by molar-refractivity contribution is 0.807. The molecule has 0 amide bonds. The normalized spacial score (nSPS) is 14.8. The number of rotatable bonds is 1. The molecule has 0 atom stereocenters. The van der Waals surface area contributed by atoms with Crippen LogP contribution in [0.5, 0.6) is 0 Å². The SMILES string of the molecule is Clc1cccc(Cl)c1N1CNN=N1. The average Bonchev–Trinajstić information content (AvgIpc) is 2.57. The van der Waals surface area contributed by atoms with Gasteiger partial charge in [0.1, 0.15) is 12.4 Å². The van der Waals surface area contributed by atoms with Crippen LogP contribution in [0.15, 0.2) is 28.6 Å². The quantitative estimate of drug-likeness (QED) is 0.785. The Hall–Kier alpha value is -1.00. The standard InChI is InChI=1S/C7H6Cl2N4/c8-5-2-1-3-6(9)7(5)13-4-10-11-12-13/h1-3H,4H2,(H,10,12). The van der Waals surface area contributed by atoms with Gasteiger partial charge in [0, 0.05) is 0 Å². The maximum atomic E-state index is 5.95. The zero-order valence-corrected chi connectivity index (χ0v) is 8.05. The van der Waals surface area contributed by atoms with Crippen molar-refractivity contribution in [3.8, 4) is 0 Å². The summed E-state index contributed by atoms with van der Waals surface area (Å²) in [4.78, 5) is 0. The molecule has 6 heteroatoms. The van der Waals surface area contributed by atoms with Gasteiger partial charge in [-0.2, -0.15) is 0 Å². The number of nitrogens with zero attached hydrogens (tertiary/aromatic N) is 3. The number of para-hydroxylation sites is 1. The molecule has 0 radical (unpaired) electrons. The Kier molecular flexibility index (Phi) is 2.24. The first-order valence-corrected chi connectivity index (χ1v) is 4.39. The molecular weight excluding hydrogens is 211 g/mol. The van der Waals surface area contributed by atoms with E-state index in [4.69, 9.17) is 23.2 Å². The number of nitrogens with one attached hydrogen (secondary N) is 1. The summed E-state index contributed by atoms with van der Waals surface area (Å²) in [5, 5.41) is 10.1. The third kappa shape index (κ3) is 1.55. The first-order valence-electron chi connectivity index (χ1n) is 3.64. The van der Waals surface area contributed by atoms with Crippen molar-refractivity contribution >= 4 is 28.9 Å². The lowest BCUT2D eigenvalue weighted by atomic mass is 10.3. The molecule has 0 saturated heterocycles. The Morgan fingerprint density at radius 3 is 2.54 bits per heavy atom. The smallest absolute Gasteiger partial charge is 0.129 e. The summed E-state index contributed by atoms with van der Waals surface area (Å²) in [5.74, 6) is 0. The Bertz CT molecular complexity index is 332. The lowest BCUT2D eigenvalue weighted by Crippen LogP contribution is -2.19. The molecule has 0 unspecified atom stereocenters. The second-order valence-electron chi connectivity index (χ2n) is 2.48. The van der Waals surface area contributed by atoms with Crippen LogP contribution in [-0.2, 0) is 0 Å². The highest BCUT2D eigenvalue weighted by Crippen LogP contribution is 2.33. The van der Waals surface area contributed by atoms with Gasteiger partial charge in [0.2, 0.25) is 0 Å². The van der Waals surface area contributed by atoms with Gasteiger partial charge in [-0.3, -0.25) is 5.43 Å². The van der Waals surface area contributed by atoms with Gasteiger partial charge in [0.05, 0.1) is 10.0 Å². The number of halogens is 2. The summed E-state index contributed by atoms with van der Waals surface area (Å²) in [5.41, 5.74) is 3.37. The van der Waals surface area contributed by atoms with E-state index >= 15 is 0 Å². The van der Waals surface area contributed by atoms with E-state index < -0.39 is 0 Å². The molecule has 0 bridgehead atoms. The number of benzene rings is 1. The molecule has 0 spiro atoms. The number of anilines is 1. The van der Waals surface area contributed by atoms with Crippen molar-refractivity contribution in [2.24, 2.45) is 10.4 Å². The van der Waals surface area contributed by atoms with Crippen molar-refractivity contribution in [1.82, 2.24) is 5.43 Å². The monoisotopic (exact) mass is 216 g/mol. The van der Waals surface area contributed by atoms with Crippen molar-refractivity contribution in [2.45, 2.75) is 0 Å². The van der Waals surface area contributed by atoms with E-state index in [1.54, 1.807) is 23.2 Å². The molecule has 13 heavy (non-hydrogen) atoms. The zero-order chi connectivity index (χ0) is 9.26. The van der Waals surface area contributed by atoms with Crippen LogP contribution < -0.4 is 10.4 Å². The molecule has 68 valence electrons. The van der Waals surface area contributed by atoms with E-state index in [-0.39, 0.29) is 0 Å². The van der Waals surface area contributed by atoms with Gasteiger partial charge in [-0.1, -0.05) is 34.5 Å². The predicted molar refractivity (Wildman–Crippen MR) is 51.8 cm³/mol. The molecule has 1 aliphatic heterocycles. The van der Waals surface area contributed by atoms with Crippen LogP contribution in [0, 0.1) is 0 Å². The minimum atomic E-state index is 0.490. The van der Waals surface area contributed by atoms with Crippen LogP contribution in [0.2, 0.25) is 10.0 Å². The Morgan fingerprint density at radius 1 is 1.31 bits per heavy atom. The Morgan fingerprint density at radius 2 is 2.00 bits per heavy atom. The van der Waals surface area contributed by atoms with E-state index in [0.29, 0.717) is 22.4 Å². The van der Waals surface area contributed by atoms with Crippen LogP contribution in [-0.4, -0.2) is 6.67 Å². The second-order valence-corrected chi connectivity index (χ2v) is 3.29. The number of hydrogen-bond acceptors (Lipinski definition) is 4. The maximum absolute atomic E-state index is 5.95. The Labute approximate surface area is 85.1 Å². The molecule has 1 aliphatic rings. The van der Waals surface area contributed by atoms with Crippen molar-refractivity contribution in [3.05, 3.63) is 28.2 Å². The van der Waals surface area contributed by atoms with Crippen molar-refractivity contribution < 1.29 is 0 Å². The molecule has 1 N–H and O–H groups in total. The average molecular weight is 217 g/mol. The van der Waals surface area contributed by atoms with Gasteiger partial charge in [-0.25, -0.2) is 5.01 Å². The summed E-state index contributed by atoms with van der Waals surface area (Å²) < 4.78 is 0. The largest absolute Gasteiger partial charge is 0.269 e. The third-order valence-electron chi connectivity index (χ3n) is 1.64. The molecular formula is C7H6Cl2N4. The van der Waals surface area contributed by atoms with Crippen molar-refractivity contribution in [1.29, 1.82) is 0 Å². The highest BCUT2D eigenvalue weighted by molar-refractivity contribution is 6.39. The first kappa shape index (κ1) is 8.59. The topological polar surface area (TPSA) is 40.0 Å². The molecule has 2 rings (SSSR count). The fourth-order valence-electron chi connectivity index (χ4n) is 1.08. The summed E-state index contributed by atoms with van der Waals surface area (Å²) in [7, 11) is 0. The van der Waals surface area contributed by atoms with Gasteiger partial charge in [0.15, 0.2) is 0 Å². The maximum Gasteiger partial charge on any atom is 0.129 e. The molecule has 0 saturated carbocycles. The number of hydrogen-bond donors (Lipinski definition) is 1. The predicted octanol–water partition coefficient (Wildman–Crippen LogP) is 2.64. The van der Waals surface area contributed by atoms with Gasteiger partial charge >= 0.3 is 0 Å². The van der Waals surface area contributed by atoms with Gasteiger partial charge < -0.3 is 0 Å². The highest BCUT2D eigenvalue weighted by Gasteiger charge is 2.15. The molecule has 1 heterocycles. The second kappa shape index (κ2) is 3.40. The van der Waals surface area contributed by atoms with Crippen LogP contribution >= 0.6 is 23.2 Å². The summed E-state index contributed by atoms with van der Waals surface area (Å²) in [6, 6.07) is 5.31. The summed E-state index contributed by atoms with van der Waals surface area (Å²) in [6.07, 6.45) is 0.